The van der Waals surface area contributed by atoms with Gasteiger partial charge in [-0.1, -0.05) is 43.7 Å². The first kappa shape index (κ1) is 17.3. The van der Waals surface area contributed by atoms with Crippen LogP contribution >= 0.6 is 0 Å². The van der Waals surface area contributed by atoms with Crippen LogP contribution in [0.5, 0.6) is 0 Å². The second-order valence-electron chi connectivity index (χ2n) is 6.86. The number of nitrogens with zero attached hydrogens (tertiary/aromatic N) is 1. The Bertz CT molecular complexity index is 835. The van der Waals surface area contributed by atoms with E-state index in [1.807, 2.05) is 45.0 Å². The first-order valence-corrected chi connectivity index (χ1v) is 8.69. The molecular weight excluding hydrogens is 314 g/mol. The molecule has 1 aromatic carbocycles. The molecule has 0 bridgehead atoms. The van der Waals surface area contributed by atoms with Gasteiger partial charge in [-0.25, -0.2) is 4.79 Å². The van der Waals surface area contributed by atoms with Gasteiger partial charge in [-0.3, -0.25) is 9.78 Å². The van der Waals surface area contributed by atoms with Crippen molar-refractivity contribution in [3.63, 3.8) is 0 Å². The van der Waals surface area contributed by atoms with Gasteiger partial charge in [0.25, 0.3) is 0 Å². The Labute approximate surface area is 148 Å². The molecule has 1 aliphatic carbocycles. The summed E-state index contributed by atoms with van der Waals surface area (Å²) in [5.74, 6) is -0.321. The monoisotopic (exact) mass is 337 g/mol. The van der Waals surface area contributed by atoms with E-state index in [1.54, 1.807) is 0 Å². The molecule has 0 amide bonds. The molecule has 4 heteroatoms. The van der Waals surface area contributed by atoms with Crippen molar-refractivity contribution in [3.05, 3.63) is 52.3 Å². The summed E-state index contributed by atoms with van der Waals surface area (Å²) >= 11 is 0. The molecule has 0 atom stereocenters. The number of carbonyl (C=O) groups is 2. The van der Waals surface area contributed by atoms with E-state index in [1.165, 1.54) is 7.11 Å². The molecule has 130 valence electrons. The molecule has 1 aromatic heterocycles. The van der Waals surface area contributed by atoms with E-state index in [9.17, 15) is 9.59 Å². The molecule has 0 unspecified atom stereocenters. The van der Waals surface area contributed by atoms with Crippen LogP contribution < -0.4 is 0 Å². The maximum atomic E-state index is 12.7. The summed E-state index contributed by atoms with van der Waals surface area (Å²) in [6.45, 7) is 6.02. The normalized spacial score (nSPS) is 13.7. The molecule has 0 aliphatic heterocycles. The number of rotatable bonds is 3. The average Bonchev–Trinajstić information content (AvgIpc) is 2.60. The summed E-state index contributed by atoms with van der Waals surface area (Å²) in [5.41, 5.74) is 5.21. The number of hydrogen-bond acceptors (Lipinski definition) is 4. The maximum Gasteiger partial charge on any atom is 0.340 e. The smallest absolute Gasteiger partial charge is 0.340 e. The highest BCUT2D eigenvalue weighted by atomic mass is 16.5. The Kier molecular flexibility index (Phi) is 4.71. The lowest BCUT2D eigenvalue weighted by atomic mass is 9.83. The third-order valence-electron chi connectivity index (χ3n) is 4.67. The number of ether oxygens (including phenoxy) is 1. The van der Waals surface area contributed by atoms with Crippen molar-refractivity contribution in [2.24, 2.45) is 0 Å². The number of hydrogen-bond donors (Lipinski definition) is 0. The van der Waals surface area contributed by atoms with E-state index in [-0.39, 0.29) is 11.7 Å². The van der Waals surface area contributed by atoms with Crippen LogP contribution in [0.4, 0.5) is 0 Å². The molecular formula is C21H23NO3. The molecule has 0 saturated heterocycles. The standard InChI is InChI=1S/C21H23NO3/c1-12(2)20-19(21(24)25-4)17(14-10-8-13(3)9-11-14)18-15(22-20)6-5-7-16(18)23/h8-12H,5-7H2,1-4H3. The van der Waals surface area contributed by atoms with Crippen molar-refractivity contribution in [1.82, 2.24) is 4.98 Å². The summed E-state index contributed by atoms with van der Waals surface area (Å²) in [4.78, 5) is 30.0. The molecule has 0 fully saturated rings. The number of benzene rings is 1. The van der Waals surface area contributed by atoms with Gasteiger partial charge in [-0.15, -0.1) is 0 Å². The summed E-state index contributed by atoms with van der Waals surface area (Å²) in [6, 6.07) is 7.91. The number of aryl methyl sites for hydroxylation is 2. The molecule has 0 spiro atoms. The van der Waals surface area contributed by atoms with Gasteiger partial charge in [0.2, 0.25) is 0 Å². The number of aromatic nitrogens is 1. The predicted molar refractivity (Wildman–Crippen MR) is 97.1 cm³/mol. The van der Waals surface area contributed by atoms with E-state index in [0.717, 1.165) is 29.7 Å². The highest BCUT2D eigenvalue weighted by molar-refractivity contribution is 6.10. The minimum absolute atomic E-state index is 0.0561. The second-order valence-corrected chi connectivity index (χ2v) is 6.86. The lowest BCUT2D eigenvalue weighted by molar-refractivity contribution is 0.0599. The van der Waals surface area contributed by atoms with Gasteiger partial charge in [0, 0.05) is 17.5 Å². The van der Waals surface area contributed by atoms with E-state index < -0.39 is 5.97 Å². The van der Waals surface area contributed by atoms with E-state index >= 15 is 0 Å². The number of carbonyl (C=O) groups excluding carboxylic acids is 2. The lowest BCUT2D eigenvalue weighted by Gasteiger charge is -2.24. The van der Waals surface area contributed by atoms with Gasteiger partial charge in [0.05, 0.1) is 24.1 Å². The van der Waals surface area contributed by atoms with Crippen LogP contribution in [0.15, 0.2) is 24.3 Å². The summed E-state index contributed by atoms with van der Waals surface area (Å²) < 4.78 is 5.05. The van der Waals surface area contributed by atoms with Crippen molar-refractivity contribution in [2.45, 2.75) is 46.0 Å². The molecule has 2 aromatic rings. The highest BCUT2D eigenvalue weighted by Gasteiger charge is 2.31. The summed E-state index contributed by atoms with van der Waals surface area (Å²) in [7, 11) is 1.37. The molecule has 1 heterocycles. The van der Waals surface area contributed by atoms with Crippen molar-refractivity contribution >= 4 is 11.8 Å². The quantitative estimate of drug-likeness (QED) is 0.775. The fourth-order valence-electron chi connectivity index (χ4n) is 3.41. The van der Waals surface area contributed by atoms with Crippen LogP contribution in [0.3, 0.4) is 0 Å². The molecule has 1 aliphatic rings. The zero-order valence-corrected chi connectivity index (χ0v) is 15.2. The van der Waals surface area contributed by atoms with E-state index in [0.29, 0.717) is 28.8 Å². The Hall–Kier alpha value is -2.49. The SMILES string of the molecule is COC(=O)c1c(C(C)C)nc2c(c1-c1ccc(C)cc1)C(=O)CCC2. The Morgan fingerprint density at radius 2 is 1.80 bits per heavy atom. The third kappa shape index (κ3) is 3.09. The van der Waals surface area contributed by atoms with Crippen LogP contribution in [0.1, 0.15) is 70.3 Å². The topological polar surface area (TPSA) is 56.3 Å². The number of Topliss-reactive ketones (excluding diaryl/α,β-unsaturated/α-hetero) is 1. The Morgan fingerprint density at radius 1 is 1.12 bits per heavy atom. The van der Waals surface area contributed by atoms with Crippen molar-refractivity contribution < 1.29 is 14.3 Å². The molecule has 25 heavy (non-hydrogen) atoms. The van der Waals surface area contributed by atoms with E-state index in [2.05, 4.69) is 0 Å². The molecule has 0 radical (unpaired) electrons. The maximum absolute atomic E-state index is 12.7. The highest BCUT2D eigenvalue weighted by Crippen LogP contribution is 2.37. The summed E-state index contributed by atoms with van der Waals surface area (Å²) in [5, 5.41) is 0. The largest absolute Gasteiger partial charge is 0.465 e. The summed E-state index contributed by atoms with van der Waals surface area (Å²) in [6.07, 6.45) is 2.07. The van der Waals surface area contributed by atoms with Gasteiger partial charge in [-0.2, -0.15) is 0 Å². The van der Waals surface area contributed by atoms with Crippen molar-refractivity contribution in [1.29, 1.82) is 0 Å². The number of pyridine rings is 1. The Balaban J connectivity index is 2.42. The molecule has 3 rings (SSSR count). The zero-order chi connectivity index (χ0) is 18.1. The first-order chi connectivity index (χ1) is 11.9. The minimum Gasteiger partial charge on any atom is -0.465 e. The van der Waals surface area contributed by atoms with Gasteiger partial charge in [-0.05, 0) is 31.2 Å². The van der Waals surface area contributed by atoms with Gasteiger partial charge in [0.15, 0.2) is 5.78 Å². The number of fused-ring (bicyclic) bond motifs is 1. The zero-order valence-electron chi connectivity index (χ0n) is 15.2. The molecule has 4 nitrogen and oxygen atoms in total. The second kappa shape index (κ2) is 6.79. The fourth-order valence-corrected chi connectivity index (χ4v) is 3.41. The number of esters is 1. The van der Waals surface area contributed by atoms with Crippen LogP contribution in [0, 0.1) is 6.92 Å². The van der Waals surface area contributed by atoms with Crippen LogP contribution in [-0.2, 0) is 11.2 Å². The third-order valence-corrected chi connectivity index (χ3v) is 4.67. The van der Waals surface area contributed by atoms with Crippen molar-refractivity contribution in [2.75, 3.05) is 7.11 Å². The average molecular weight is 337 g/mol. The van der Waals surface area contributed by atoms with Crippen LogP contribution in [0.25, 0.3) is 11.1 Å². The predicted octanol–water partition coefficient (Wildman–Crippen LogP) is 4.49. The number of ketones is 1. The fraction of sp³-hybridized carbons (Fsp3) is 0.381. The van der Waals surface area contributed by atoms with Crippen LogP contribution in [-0.4, -0.2) is 23.8 Å². The molecule has 0 N–H and O–H groups in total. The molecule has 0 saturated carbocycles. The van der Waals surface area contributed by atoms with Crippen LogP contribution in [0.2, 0.25) is 0 Å². The first-order valence-electron chi connectivity index (χ1n) is 8.69. The van der Waals surface area contributed by atoms with Gasteiger partial charge < -0.3 is 4.74 Å². The minimum atomic E-state index is -0.437. The number of methoxy groups -OCH3 is 1. The van der Waals surface area contributed by atoms with Gasteiger partial charge in [0.1, 0.15) is 0 Å². The van der Waals surface area contributed by atoms with Crippen molar-refractivity contribution in [3.8, 4) is 11.1 Å². The van der Waals surface area contributed by atoms with E-state index in [4.69, 9.17) is 9.72 Å². The Morgan fingerprint density at radius 3 is 2.40 bits per heavy atom. The lowest BCUT2D eigenvalue weighted by Crippen LogP contribution is -2.21. The van der Waals surface area contributed by atoms with Gasteiger partial charge >= 0.3 is 5.97 Å².